The third kappa shape index (κ3) is 3.55. The van der Waals surface area contributed by atoms with Gasteiger partial charge < -0.3 is 0 Å². The average molecular weight is 302 g/mol. The number of halogens is 1. The molecule has 2 aliphatic carbocycles. The van der Waals surface area contributed by atoms with E-state index in [0.717, 1.165) is 24.7 Å². The number of rotatable bonds is 4. The van der Waals surface area contributed by atoms with Crippen molar-refractivity contribution in [1.82, 2.24) is 0 Å². The van der Waals surface area contributed by atoms with Crippen molar-refractivity contribution in [2.24, 2.45) is 11.8 Å². The van der Waals surface area contributed by atoms with Gasteiger partial charge >= 0.3 is 0 Å². The Labute approximate surface area is 135 Å². The molecule has 0 heterocycles. The Bertz CT molecular complexity index is 445. The Morgan fingerprint density at radius 1 is 0.909 bits per heavy atom. The van der Waals surface area contributed by atoms with Gasteiger partial charge in [-0.3, -0.25) is 0 Å². The zero-order chi connectivity index (χ0) is 15.5. The maximum atomic E-state index is 13.7. The van der Waals surface area contributed by atoms with Gasteiger partial charge in [-0.25, -0.2) is 4.39 Å². The molecule has 1 aromatic carbocycles. The molecule has 0 saturated heterocycles. The quantitative estimate of drug-likeness (QED) is 0.587. The van der Waals surface area contributed by atoms with E-state index < -0.39 is 6.17 Å². The molecule has 0 bridgehead atoms. The van der Waals surface area contributed by atoms with E-state index in [-0.39, 0.29) is 5.92 Å². The van der Waals surface area contributed by atoms with Crippen LogP contribution in [-0.2, 0) is 0 Å². The summed E-state index contributed by atoms with van der Waals surface area (Å²) in [5.41, 5.74) is 2.87. The number of hydrogen-bond donors (Lipinski definition) is 0. The molecule has 1 aromatic rings. The Balaban J connectivity index is 1.58. The van der Waals surface area contributed by atoms with Crippen LogP contribution >= 0.6 is 0 Å². The summed E-state index contributed by atoms with van der Waals surface area (Å²) in [4.78, 5) is 0. The van der Waals surface area contributed by atoms with Crippen LogP contribution < -0.4 is 0 Å². The topological polar surface area (TPSA) is 0 Å². The summed E-state index contributed by atoms with van der Waals surface area (Å²) in [6.07, 6.45) is 9.42. The summed E-state index contributed by atoms with van der Waals surface area (Å²) in [7, 11) is 0. The Morgan fingerprint density at radius 3 is 2.00 bits per heavy atom. The third-order valence-corrected chi connectivity index (χ3v) is 6.21. The normalized spacial score (nSPS) is 35.7. The molecule has 0 radical (unpaired) electrons. The maximum absolute atomic E-state index is 13.7. The monoisotopic (exact) mass is 302 g/mol. The molecule has 2 saturated carbocycles. The fraction of sp³-hybridized carbons (Fsp3) is 0.714. The van der Waals surface area contributed by atoms with E-state index in [1.807, 2.05) is 6.92 Å². The molecule has 22 heavy (non-hydrogen) atoms. The van der Waals surface area contributed by atoms with Gasteiger partial charge in [-0.05, 0) is 73.3 Å². The van der Waals surface area contributed by atoms with E-state index >= 15 is 0 Å². The van der Waals surface area contributed by atoms with Crippen LogP contribution in [0.15, 0.2) is 24.3 Å². The lowest BCUT2D eigenvalue weighted by Gasteiger charge is -2.28. The first-order valence-electron chi connectivity index (χ1n) is 9.41. The molecule has 0 amide bonds. The lowest BCUT2D eigenvalue weighted by atomic mass is 9.77. The van der Waals surface area contributed by atoms with Crippen molar-refractivity contribution >= 4 is 0 Å². The molecule has 0 N–H and O–H groups in total. The van der Waals surface area contributed by atoms with Crippen molar-refractivity contribution in [1.29, 1.82) is 0 Å². The van der Waals surface area contributed by atoms with Crippen molar-refractivity contribution in [2.75, 3.05) is 0 Å². The molecule has 3 rings (SSSR count). The summed E-state index contributed by atoms with van der Waals surface area (Å²) in [5.74, 6) is 2.42. The second-order valence-electron chi connectivity index (χ2n) is 7.83. The Hall–Kier alpha value is -0.850. The fourth-order valence-corrected chi connectivity index (χ4v) is 4.70. The van der Waals surface area contributed by atoms with E-state index in [4.69, 9.17) is 0 Å². The van der Waals surface area contributed by atoms with Gasteiger partial charge in [0.05, 0.1) is 0 Å². The molecule has 1 unspecified atom stereocenters. The van der Waals surface area contributed by atoms with Gasteiger partial charge in [-0.15, -0.1) is 0 Å². The Morgan fingerprint density at radius 2 is 1.50 bits per heavy atom. The largest absolute Gasteiger partial charge is 0.247 e. The van der Waals surface area contributed by atoms with Crippen LogP contribution in [0.4, 0.5) is 4.39 Å². The van der Waals surface area contributed by atoms with Crippen LogP contribution in [0.2, 0.25) is 0 Å². The number of alkyl halides is 1. The molecule has 2 aliphatic rings. The van der Waals surface area contributed by atoms with Crippen molar-refractivity contribution in [3.05, 3.63) is 35.4 Å². The maximum Gasteiger partial charge on any atom is 0.103 e. The predicted molar refractivity (Wildman–Crippen MR) is 92.1 cm³/mol. The average Bonchev–Trinajstić information content (AvgIpc) is 2.88. The highest BCUT2D eigenvalue weighted by atomic mass is 19.1. The first kappa shape index (κ1) is 16.0. The molecule has 1 heteroatoms. The van der Waals surface area contributed by atoms with Gasteiger partial charge in [-0.1, -0.05) is 51.0 Å². The van der Waals surface area contributed by atoms with E-state index in [1.54, 1.807) is 0 Å². The lowest BCUT2D eigenvalue weighted by molar-refractivity contribution is 0.277. The van der Waals surface area contributed by atoms with Gasteiger partial charge in [0.2, 0.25) is 0 Å². The van der Waals surface area contributed by atoms with Gasteiger partial charge in [-0.2, -0.15) is 0 Å². The summed E-state index contributed by atoms with van der Waals surface area (Å²) >= 11 is 0. The van der Waals surface area contributed by atoms with E-state index in [1.165, 1.54) is 49.7 Å². The van der Waals surface area contributed by atoms with Crippen LogP contribution in [0.5, 0.6) is 0 Å². The summed E-state index contributed by atoms with van der Waals surface area (Å²) < 4.78 is 13.7. The summed E-state index contributed by atoms with van der Waals surface area (Å²) in [6, 6.07) is 9.22. The van der Waals surface area contributed by atoms with Crippen LogP contribution in [0.1, 0.15) is 88.2 Å². The highest BCUT2D eigenvalue weighted by molar-refractivity contribution is 5.29. The molecular formula is C21H31F. The summed E-state index contributed by atoms with van der Waals surface area (Å²) in [6.45, 7) is 4.35. The molecular weight excluding hydrogens is 271 g/mol. The van der Waals surface area contributed by atoms with Crippen molar-refractivity contribution in [3.63, 3.8) is 0 Å². The van der Waals surface area contributed by atoms with Crippen molar-refractivity contribution in [3.8, 4) is 0 Å². The standard InChI is InChI=1S/C21H31F/c1-3-4-16-5-7-17(8-6-16)18-9-11-19(12-10-18)20-13-15(2)21(22)14-20/h9-12,15-17,20-21H,3-8,13-14H2,1-2H3/t15-,16-,17-,20?,21-/m0/s1. The van der Waals surface area contributed by atoms with E-state index in [9.17, 15) is 4.39 Å². The summed E-state index contributed by atoms with van der Waals surface area (Å²) in [5, 5.41) is 0. The molecule has 0 aliphatic heterocycles. The number of hydrogen-bond acceptors (Lipinski definition) is 0. The fourth-order valence-electron chi connectivity index (χ4n) is 4.70. The minimum atomic E-state index is -0.599. The molecule has 2 fully saturated rings. The first-order valence-corrected chi connectivity index (χ1v) is 9.41. The SMILES string of the molecule is CCC[C@H]1CC[C@H](c2ccc(C3C[C@H](C)[C@@H](F)C3)cc2)CC1. The van der Waals surface area contributed by atoms with Crippen LogP contribution in [0.3, 0.4) is 0 Å². The molecule has 0 aromatic heterocycles. The van der Waals surface area contributed by atoms with Crippen molar-refractivity contribution in [2.45, 2.75) is 83.2 Å². The Kier molecular flexibility index (Phi) is 5.21. The molecule has 0 spiro atoms. The highest BCUT2D eigenvalue weighted by Crippen LogP contribution is 2.41. The third-order valence-electron chi connectivity index (χ3n) is 6.21. The zero-order valence-corrected chi connectivity index (χ0v) is 14.2. The van der Waals surface area contributed by atoms with Crippen molar-refractivity contribution < 1.29 is 4.39 Å². The zero-order valence-electron chi connectivity index (χ0n) is 14.2. The highest BCUT2D eigenvalue weighted by Gasteiger charge is 2.32. The van der Waals surface area contributed by atoms with Gasteiger partial charge in [0.1, 0.15) is 6.17 Å². The van der Waals surface area contributed by atoms with Gasteiger partial charge in [0, 0.05) is 0 Å². The minimum absolute atomic E-state index is 0.235. The second kappa shape index (κ2) is 7.15. The number of benzene rings is 1. The van der Waals surface area contributed by atoms with Crippen LogP contribution in [0.25, 0.3) is 0 Å². The lowest BCUT2D eigenvalue weighted by Crippen LogP contribution is -2.13. The smallest absolute Gasteiger partial charge is 0.103 e. The van der Waals surface area contributed by atoms with Gasteiger partial charge in [0.15, 0.2) is 0 Å². The first-order chi connectivity index (χ1) is 10.7. The molecule has 3 atom stereocenters. The van der Waals surface area contributed by atoms with Gasteiger partial charge in [0.25, 0.3) is 0 Å². The second-order valence-corrected chi connectivity index (χ2v) is 7.83. The predicted octanol–water partition coefficient (Wildman–Crippen LogP) is 6.61. The molecule has 122 valence electrons. The van der Waals surface area contributed by atoms with Crippen LogP contribution in [0, 0.1) is 11.8 Å². The van der Waals surface area contributed by atoms with E-state index in [2.05, 4.69) is 31.2 Å². The minimum Gasteiger partial charge on any atom is -0.247 e. The van der Waals surface area contributed by atoms with E-state index in [0.29, 0.717) is 5.92 Å². The molecule has 0 nitrogen and oxygen atoms in total. The van der Waals surface area contributed by atoms with Crippen LogP contribution in [-0.4, -0.2) is 6.17 Å².